The molecule has 4 heavy (non-hydrogen) atoms. The maximum absolute atomic E-state index is 2.34. The second-order valence-corrected chi connectivity index (χ2v) is 6.59. The number of hydrogen-bond donors (Lipinski definition) is 0. The number of alkyl halides is 1. The topological polar surface area (TPSA) is 0 Å². The fourth-order valence-electron chi connectivity index (χ4n) is 0. The molecule has 0 N–H and O–H groups in total. The Morgan fingerprint density at radius 2 is 1.75 bits per heavy atom. The molecule has 0 aromatic carbocycles. The van der Waals surface area contributed by atoms with Gasteiger partial charge in [-0.2, -0.15) is 0 Å². The monoisotopic (exact) mass is 333 g/mol. The van der Waals surface area contributed by atoms with Crippen molar-refractivity contribution in [3.63, 3.8) is 0 Å². The average Bonchev–Trinajstić information content (AvgIpc) is 0.918. The third kappa shape index (κ3) is 8.94. The zero-order valence-electron chi connectivity index (χ0n) is 2.20. The molecule has 0 nitrogen and oxygen atoms in total. The first-order valence-electron chi connectivity index (χ1n) is 0.767. The van der Waals surface area contributed by atoms with Crippen molar-refractivity contribution >= 4 is 46.6 Å². The van der Waals surface area contributed by atoms with E-state index in [1.807, 2.05) is 0 Å². The van der Waals surface area contributed by atoms with Crippen LogP contribution in [0.4, 0.5) is 0 Å². The molecular weight excluding hydrogens is 331 g/mol. The predicted octanol–water partition coefficient (Wildman–Crippen LogP) is 1.54. The summed E-state index contributed by atoms with van der Waals surface area (Å²) in [6.45, 7) is 0. The van der Waals surface area contributed by atoms with Crippen LogP contribution >= 0.6 is 46.6 Å². The Kier molecular flexibility index (Phi) is 21.0. The van der Waals surface area contributed by atoms with E-state index in [2.05, 4.69) is 22.6 Å². The molecular formula is CH3I2Zn. The molecule has 0 aliphatic carbocycles. The van der Waals surface area contributed by atoms with Crippen molar-refractivity contribution in [1.82, 2.24) is 0 Å². The van der Waals surface area contributed by atoms with Crippen molar-refractivity contribution in [3.05, 3.63) is 0 Å². The van der Waals surface area contributed by atoms with E-state index in [1.54, 1.807) is 0 Å². The first-order chi connectivity index (χ1) is 1.41. The van der Waals surface area contributed by atoms with Crippen LogP contribution in [0.15, 0.2) is 0 Å². The molecule has 0 amide bonds. The summed E-state index contributed by atoms with van der Waals surface area (Å²) in [5.74, 6) is 0. The summed E-state index contributed by atoms with van der Waals surface area (Å²) in [5.41, 5.74) is 0. The van der Waals surface area contributed by atoms with Crippen LogP contribution in [0, 0.1) is 0 Å². The summed E-state index contributed by atoms with van der Waals surface area (Å²) >= 11 is 3.78. The van der Waals surface area contributed by atoms with Crippen LogP contribution in [0.1, 0.15) is 0 Å². The molecule has 0 atom stereocenters. The van der Waals surface area contributed by atoms with Gasteiger partial charge in [-0.25, -0.2) is 0 Å². The minimum absolute atomic E-state index is 0. The summed E-state index contributed by atoms with van der Waals surface area (Å²) in [5, 5.41) is 0. The molecule has 0 aromatic rings. The molecule has 3 heteroatoms. The van der Waals surface area contributed by atoms with Crippen molar-refractivity contribution in [2.75, 3.05) is 3.02 Å². The van der Waals surface area contributed by atoms with Gasteiger partial charge >= 0.3 is 43.9 Å². The molecule has 0 radical (unpaired) electrons. The number of hydrogen-bond acceptors (Lipinski definition) is 0. The predicted molar refractivity (Wildman–Crippen MR) is 34.3 cm³/mol. The molecule has 23 valence electrons. The Labute approximate surface area is 66.9 Å². The average molecular weight is 334 g/mol. The van der Waals surface area contributed by atoms with Gasteiger partial charge in [0, 0.05) is 0 Å². The SMILES string of the molecule is I.[Zn][CH2]I. The van der Waals surface area contributed by atoms with Gasteiger partial charge in [0.15, 0.2) is 0 Å². The fraction of sp³-hybridized carbons (Fsp3) is 1.00. The Hall–Kier alpha value is 2.08. The van der Waals surface area contributed by atoms with Gasteiger partial charge in [0.25, 0.3) is 0 Å². The summed E-state index contributed by atoms with van der Waals surface area (Å²) in [6.07, 6.45) is 0. The summed E-state index contributed by atoms with van der Waals surface area (Å²) < 4.78 is 1.34. The van der Waals surface area contributed by atoms with Crippen LogP contribution in [-0.4, -0.2) is 3.02 Å². The van der Waals surface area contributed by atoms with Crippen LogP contribution in [0.2, 0.25) is 0 Å². The van der Waals surface area contributed by atoms with E-state index >= 15 is 0 Å². The van der Waals surface area contributed by atoms with E-state index in [-0.39, 0.29) is 24.0 Å². The van der Waals surface area contributed by atoms with Crippen molar-refractivity contribution in [1.29, 1.82) is 0 Å². The standard InChI is InChI=1S/CH2I.HI.Zn/c1-2;;/h1H2;1H;. The van der Waals surface area contributed by atoms with Crippen molar-refractivity contribution in [2.24, 2.45) is 0 Å². The molecule has 0 aromatic heterocycles. The molecule has 0 aliphatic heterocycles. The zero-order valence-corrected chi connectivity index (χ0v) is 9.66. The zero-order chi connectivity index (χ0) is 2.71. The third-order valence-corrected chi connectivity index (χ3v) is 0. The van der Waals surface area contributed by atoms with E-state index in [4.69, 9.17) is 0 Å². The summed E-state index contributed by atoms with van der Waals surface area (Å²) in [4.78, 5) is 0. The van der Waals surface area contributed by atoms with Crippen molar-refractivity contribution in [3.8, 4) is 0 Å². The van der Waals surface area contributed by atoms with E-state index in [9.17, 15) is 0 Å². The molecule has 0 saturated heterocycles. The Bertz CT molecular complexity index is 6.00. The van der Waals surface area contributed by atoms with E-state index in [0.29, 0.717) is 0 Å². The molecule has 0 aliphatic rings. The normalized spacial score (nSPS) is 4.75. The summed E-state index contributed by atoms with van der Waals surface area (Å²) in [7, 11) is 0. The molecule has 0 unspecified atom stereocenters. The van der Waals surface area contributed by atoms with E-state index < -0.39 is 0 Å². The second kappa shape index (κ2) is 8.92. The molecule has 0 saturated carbocycles. The molecule has 0 heterocycles. The number of halogens is 2. The van der Waals surface area contributed by atoms with Crippen molar-refractivity contribution < 1.29 is 18.3 Å². The van der Waals surface area contributed by atoms with Gasteiger partial charge in [0.05, 0.1) is 0 Å². The van der Waals surface area contributed by atoms with Gasteiger partial charge in [-0.3, -0.25) is 0 Å². The van der Waals surface area contributed by atoms with E-state index in [0.717, 1.165) is 0 Å². The van der Waals surface area contributed by atoms with Crippen LogP contribution < -0.4 is 0 Å². The van der Waals surface area contributed by atoms with Crippen LogP contribution in [0.3, 0.4) is 0 Å². The van der Waals surface area contributed by atoms with Gasteiger partial charge < -0.3 is 0 Å². The van der Waals surface area contributed by atoms with E-state index in [1.165, 1.54) is 21.3 Å². The molecule has 0 fully saturated rings. The second-order valence-electron chi connectivity index (χ2n) is 0.189. The Balaban J connectivity index is 0. The summed E-state index contributed by atoms with van der Waals surface area (Å²) in [6, 6.07) is 0. The maximum atomic E-state index is 2.34. The third-order valence-electron chi connectivity index (χ3n) is 0. The van der Waals surface area contributed by atoms with Crippen LogP contribution in [0.25, 0.3) is 0 Å². The first-order valence-corrected chi connectivity index (χ1v) is 4.39. The minimum atomic E-state index is 0. The quantitative estimate of drug-likeness (QED) is 0.358. The van der Waals surface area contributed by atoms with Gasteiger partial charge in [-0.1, -0.05) is 0 Å². The fourth-order valence-corrected chi connectivity index (χ4v) is 0. The van der Waals surface area contributed by atoms with Gasteiger partial charge in [-0.15, -0.1) is 24.0 Å². The Morgan fingerprint density at radius 3 is 1.75 bits per heavy atom. The van der Waals surface area contributed by atoms with Gasteiger partial charge in [-0.05, 0) is 0 Å². The molecule has 0 spiro atoms. The molecule has 0 bridgehead atoms. The number of rotatable bonds is 0. The van der Waals surface area contributed by atoms with Crippen LogP contribution in [0.5, 0.6) is 0 Å². The molecule has 0 rings (SSSR count). The van der Waals surface area contributed by atoms with Gasteiger partial charge in [0.1, 0.15) is 0 Å². The van der Waals surface area contributed by atoms with Crippen molar-refractivity contribution in [2.45, 2.75) is 0 Å². The van der Waals surface area contributed by atoms with Crippen LogP contribution in [-0.2, 0) is 18.3 Å². The Morgan fingerprint density at radius 1 is 1.75 bits per heavy atom. The van der Waals surface area contributed by atoms with Gasteiger partial charge in [0.2, 0.25) is 0 Å². The first kappa shape index (κ1) is 9.43.